The second kappa shape index (κ2) is 9.65. The third-order valence-electron chi connectivity index (χ3n) is 5.85. The molecule has 0 aliphatic carbocycles. The number of rotatable bonds is 6. The number of nitrogens with one attached hydrogen (secondary N) is 1. The third-order valence-corrected chi connectivity index (χ3v) is 7.21. The standard InChI is InChI=1S/C29H25N5S/c1-19-15-20(2)26(21(3)16-19)35-28-25-13-14-34(18-23-7-5-4-6-8-23)27(25)32-29(33-28)31-24-11-9-22(17-30)10-12-24/h4-16H,18H2,1-3H3,(H,31,32,33). The molecule has 0 amide bonds. The maximum absolute atomic E-state index is 9.10. The number of benzene rings is 3. The smallest absolute Gasteiger partial charge is 0.230 e. The van der Waals surface area contributed by atoms with Crippen molar-refractivity contribution >= 4 is 34.4 Å². The molecule has 2 heterocycles. The summed E-state index contributed by atoms with van der Waals surface area (Å²) >= 11 is 1.68. The molecule has 0 radical (unpaired) electrons. The number of fused-ring (bicyclic) bond motifs is 1. The Morgan fingerprint density at radius 2 is 1.63 bits per heavy atom. The first-order chi connectivity index (χ1) is 17.0. The van der Waals surface area contributed by atoms with Crippen molar-refractivity contribution in [2.24, 2.45) is 0 Å². The SMILES string of the molecule is Cc1cc(C)c(Sc2nc(Nc3ccc(C#N)cc3)nc3c2ccn3Cc2ccccc2)c(C)c1. The zero-order valence-electron chi connectivity index (χ0n) is 19.9. The number of aromatic nitrogens is 3. The highest BCUT2D eigenvalue weighted by Crippen LogP contribution is 2.37. The summed E-state index contributed by atoms with van der Waals surface area (Å²) in [6.45, 7) is 7.15. The van der Waals surface area contributed by atoms with E-state index in [-0.39, 0.29) is 0 Å². The van der Waals surface area contributed by atoms with Gasteiger partial charge in [-0.25, -0.2) is 4.98 Å². The summed E-state index contributed by atoms with van der Waals surface area (Å²) in [5.41, 5.74) is 7.28. The molecule has 0 unspecified atom stereocenters. The molecule has 3 aromatic carbocycles. The first-order valence-corrected chi connectivity index (χ1v) is 12.3. The molecule has 0 aliphatic heterocycles. The van der Waals surface area contributed by atoms with E-state index >= 15 is 0 Å². The fraction of sp³-hybridized carbons (Fsp3) is 0.138. The monoisotopic (exact) mass is 475 g/mol. The van der Waals surface area contributed by atoms with Crippen LogP contribution in [0, 0.1) is 32.1 Å². The Bertz CT molecular complexity index is 1520. The van der Waals surface area contributed by atoms with Gasteiger partial charge in [-0.2, -0.15) is 10.2 Å². The summed E-state index contributed by atoms with van der Waals surface area (Å²) < 4.78 is 2.16. The number of hydrogen-bond donors (Lipinski definition) is 1. The maximum atomic E-state index is 9.10. The molecule has 0 saturated heterocycles. The van der Waals surface area contributed by atoms with Gasteiger partial charge in [0.05, 0.1) is 17.0 Å². The van der Waals surface area contributed by atoms with Gasteiger partial charge in [0.2, 0.25) is 5.95 Å². The number of anilines is 2. The largest absolute Gasteiger partial charge is 0.328 e. The molecule has 0 spiro atoms. The van der Waals surface area contributed by atoms with Crippen molar-refractivity contribution in [1.82, 2.24) is 14.5 Å². The topological polar surface area (TPSA) is 66.5 Å². The molecule has 0 bridgehead atoms. The van der Waals surface area contributed by atoms with Gasteiger partial charge in [-0.05, 0) is 67.8 Å². The Balaban J connectivity index is 1.59. The Morgan fingerprint density at radius 1 is 0.914 bits per heavy atom. The van der Waals surface area contributed by atoms with Crippen molar-refractivity contribution in [2.45, 2.75) is 37.2 Å². The quantitative estimate of drug-likeness (QED) is 0.264. The lowest BCUT2D eigenvalue weighted by atomic mass is 10.1. The van der Waals surface area contributed by atoms with Crippen molar-refractivity contribution in [3.8, 4) is 6.07 Å². The minimum Gasteiger partial charge on any atom is -0.328 e. The van der Waals surface area contributed by atoms with E-state index in [9.17, 15) is 0 Å². The summed E-state index contributed by atoms with van der Waals surface area (Å²) in [7, 11) is 0. The lowest BCUT2D eigenvalue weighted by Crippen LogP contribution is -2.03. The molecule has 5 aromatic rings. The van der Waals surface area contributed by atoms with Crippen LogP contribution < -0.4 is 5.32 Å². The van der Waals surface area contributed by atoms with Crippen molar-refractivity contribution in [3.63, 3.8) is 0 Å². The first-order valence-electron chi connectivity index (χ1n) is 11.4. The van der Waals surface area contributed by atoms with Crippen LogP contribution in [-0.4, -0.2) is 14.5 Å². The summed E-state index contributed by atoms with van der Waals surface area (Å²) in [4.78, 5) is 11.0. The minimum absolute atomic E-state index is 0.528. The zero-order valence-corrected chi connectivity index (χ0v) is 20.7. The van der Waals surface area contributed by atoms with E-state index in [1.807, 2.05) is 18.2 Å². The molecule has 0 saturated carbocycles. The predicted molar refractivity (Wildman–Crippen MR) is 142 cm³/mol. The van der Waals surface area contributed by atoms with E-state index in [2.05, 4.69) is 85.4 Å². The van der Waals surface area contributed by atoms with Gasteiger partial charge < -0.3 is 9.88 Å². The van der Waals surface area contributed by atoms with Crippen LogP contribution in [0.15, 0.2) is 88.9 Å². The van der Waals surface area contributed by atoms with Crippen LogP contribution in [0.25, 0.3) is 11.0 Å². The van der Waals surface area contributed by atoms with Crippen LogP contribution in [0.5, 0.6) is 0 Å². The van der Waals surface area contributed by atoms with Crippen LogP contribution in [0.2, 0.25) is 0 Å². The third kappa shape index (κ3) is 4.91. The summed E-state index contributed by atoms with van der Waals surface area (Å²) in [6, 6.07) is 26.4. The second-order valence-corrected chi connectivity index (χ2v) is 9.66. The molecular weight excluding hydrogens is 450 g/mol. The molecule has 1 N–H and O–H groups in total. The molecule has 2 aromatic heterocycles. The highest BCUT2D eigenvalue weighted by Gasteiger charge is 2.16. The molecule has 0 aliphatic rings. The van der Waals surface area contributed by atoms with Crippen LogP contribution in [0.3, 0.4) is 0 Å². The second-order valence-electron chi connectivity index (χ2n) is 8.66. The Hall–Kier alpha value is -4.08. The van der Waals surface area contributed by atoms with Gasteiger partial charge >= 0.3 is 0 Å². The van der Waals surface area contributed by atoms with Crippen LogP contribution >= 0.6 is 11.8 Å². The molecule has 35 heavy (non-hydrogen) atoms. The van der Waals surface area contributed by atoms with Crippen molar-refractivity contribution < 1.29 is 0 Å². The molecule has 0 atom stereocenters. The molecule has 6 heteroatoms. The van der Waals surface area contributed by atoms with E-state index < -0.39 is 0 Å². The fourth-order valence-corrected chi connectivity index (χ4v) is 5.30. The highest BCUT2D eigenvalue weighted by molar-refractivity contribution is 7.99. The molecule has 172 valence electrons. The average Bonchev–Trinajstić information content (AvgIpc) is 3.25. The molecular formula is C29H25N5S. The van der Waals surface area contributed by atoms with Gasteiger partial charge in [0.25, 0.3) is 0 Å². The van der Waals surface area contributed by atoms with Gasteiger partial charge in [0.15, 0.2) is 0 Å². The summed E-state index contributed by atoms with van der Waals surface area (Å²) in [5, 5.41) is 14.4. The van der Waals surface area contributed by atoms with Gasteiger partial charge in [0, 0.05) is 23.3 Å². The van der Waals surface area contributed by atoms with E-state index in [0.29, 0.717) is 11.5 Å². The van der Waals surface area contributed by atoms with E-state index in [4.69, 9.17) is 15.2 Å². The lowest BCUT2D eigenvalue weighted by molar-refractivity contribution is 0.823. The Morgan fingerprint density at radius 3 is 2.31 bits per heavy atom. The van der Waals surface area contributed by atoms with E-state index in [0.717, 1.165) is 28.3 Å². The van der Waals surface area contributed by atoms with Gasteiger partial charge in [0.1, 0.15) is 10.7 Å². The normalized spacial score (nSPS) is 10.9. The molecule has 5 rings (SSSR count). The Labute approximate surface area is 209 Å². The van der Waals surface area contributed by atoms with E-state index in [1.165, 1.54) is 27.1 Å². The number of hydrogen-bond acceptors (Lipinski definition) is 5. The van der Waals surface area contributed by atoms with Crippen LogP contribution in [0.4, 0.5) is 11.6 Å². The number of nitriles is 1. The fourth-order valence-electron chi connectivity index (χ4n) is 4.26. The highest BCUT2D eigenvalue weighted by atomic mass is 32.2. The first kappa shape index (κ1) is 22.7. The van der Waals surface area contributed by atoms with Crippen molar-refractivity contribution in [3.05, 3.63) is 107 Å². The van der Waals surface area contributed by atoms with E-state index in [1.54, 1.807) is 23.9 Å². The van der Waals surface area contributed by atoms with Gasteiger partial charge in [-0.1, -0.05) is 59.8 Å². The average molecular weight is 476 g/mol. The Kier molecular flexibility index (Phi) is 6.26. The van der Waals surface area contributed by atoms with Crippen LogP contribution in [0.1, 0.15) is 27.8 Å². The lowest BCUT2D eigenvalue weighted by Gasteiger charge is -2.13. The van der Waals surface area contributed by atoms with Gasteiger partial charge in [-0.15, -0.1) is 0 Å². The van der Waals surface area contributed by atoms with Crippen molar-refractivity contribution in [2.75, 3.05) is 5.32 Å². The number of nitrogens with zero attached hydrogens (tertiary/aromatic N) is 4. The number of aryl methyl sites for hydroxylation is 3. The predicted octanol–water partition coefficient (Wildman–Crippen LogP) is 7.17. The van der Waals surface area contributed by atoms with Crippen molar-refractivity contribution in [1.29, 1.82) is 5.26 Å². The van der Waals surface area contributed by atoms with Gasteiger partial charge in [-0.3, -0.25) is 0 Å². The minimum atomic E-state index is 0.528. The molecule has 0 fully saturated rings. The van der Waals surface area contributed by atoms with Crippen LogP contribution in [-0.2, 0) is 6.54 Å². The molecule has 5 nitrogen and oxygen atoms in total. The zero-order chi connectivity index (χ0) is 24.4. The summed E-state index contributed by atoms with van der Waals surface area (Å²) in [5.74, 6) is 0.528. The summed E-state index contributed by atoms with van der Waals surface area (Å²) in [6.07, 6.45) is 2.08. The maximum Gasteiger partial charge on any atom is 0.230 e.